The Hall–Kier alpha value is -1.96. The van der Waals surface area contributed by atoms with Crippen LogP contribution in [0.25, 0.3) is 0 Å². The van der Waals surface area contributed by atoms with Gasteiger partial charge in [0.05, 0.1) is 17.9 Å². The molecule has 0 saturated carbocycles. The molecule has 1 amide bonds. The van der Waals surface area contributed by atoms with Gasteiger partial charge in [0.1, 0.15) is 0 Å². The van der Waals surface area contributed by atoms with Crippen molar-refractivity contribution in [1.29, 1.82) is 0 Å². The number of aromatic nitrogens is 1. The first-order chi connectivity index (χ1) is 11.5. The first-order valence-electron chi connectivity index (χ1n) is 7.98. The van der Waals surface area contributed by atoms with Gasteiger partial charge in [-0.25, -0.2) is 4.98 Å². The Morgan fingerprint density at radius 3 is 2.67 bits per heavy atom. The van der Waals surface area contributed by atoms with Gasteiger partial charge >= 0.3 is 0 Å². The second kappa shape index (κ2) is 7.29. The normalized spacial score (nSPS) is 21.6. The summed E-state index contributed by atoms with van der Waals surface area (Å²) in [5.41, 5.74) is 7.80. The van der Waals surface area contributed by atoms with E-state index in [4.69, 9.17) is 10.5 Å². The molecule has 24 heavy (non-hydrogen) atoms. The van der Waals surface area contributed by atoms with Gasteiger partial charge in [-0.1, -0.05) is 0 Å². The van der Waals surface area contributed by atoms with Crippen LogP contribution in [-0.2, 0) is 11.3 Å². The maximum absolute atomic E-state index is 12.2. The van der Waals surface area contributed by atoms with Gasteiger partial charge in [0.25, 0.3) is 5.91 Å². The summed E-state index contributed by atoms with van der Waals surface area (Å²) in [6, 6.07) is 6.83. The van der Waals surface area contributed by atoms with E-state index in [-0.39, 0.29) is 18.1 Å². The third kappa shape index (κ3) is 4.31. The molecule has 6 nitrogen and oxygen atoms in total. The lowest BCUT2D eigenvalue weighted by Gasteiger charge is -2.34. The molecule has 0 radical (unpaired) electrons. The van der Waals surface area contributed by atoms with Gasteiger partial charge in [0.2, 0.25) is 0 Å². The van der Waals surface area contributed by atoms with E-state index in [1.165, 1.54) is 11.3 Å². The largest absolute Gasteiger partial charge is 0.399 e. The third-order valence-electron chi connectivity index (χ3n) is 3.83. The number of ether oxygens (including phenoxy) is 1. The van der Waals surface area contributed by atoms with E-state index in [9.17, 15) is 4.79 Å². The van der Waals surface area contributed by atoms with Crippen molar-refractivity contribution in [2.45, 2.75) is 32.6 Å². The van der Waals surface area contributed by atoms with Crippen molar-refractivity contribution < 1.29 is 9.53 Å². The van der Waals surface area contributed by atoms with Crippen LogP contribution in [0.4, 0.5) is 10.8 Å². The molecule has 1 aliphatic rings. The molecule has 0 spiro atoms. The van der Waals surface area contributed by atoms with Crippen LogP contribution in [0, 0.1) is 0 Å². The summed E-state index contributed by atoms with van der Waals surface area (Å²) < 4.78 is 5.74. The molecule has 7 heteroatoms. The van der Waals surface area contributed by atoms with E-state index in [0.29, 0.717) is 16.4 Å². The quantitative estimate of drug-likeness (QED) is 0.832. The molecule has 1 saturated heterocycles. The molecule has 3 rings (SSSR count). The Morgan fingerprint density at radius 1 is 1.33 bits per heavy atom. The van der Waals surface area contributed by atoms with Crippen molar-refractivity contribution in [3.05, 3.63) is 40.9 Å². The third-order valence-corrected chi connectivity index (χ3v) is 4.63. The molecule has 0 aliphatic carbocycles. The van der Waals surface area contributed by atoms with E-state index in [1.54, 1.807) is 24.3 Å². The molecule has 1 aromatic carbocycles. The molecular formula is C17H22N4O2S. The lowest BCUT2D eigenvalue weighted by atomic mass is 10.2. The summed E-state index contributed by atoms with van der Waals surface area (Å²) in [4.78, 5) is 19.0. The van der Waals surface area contributed by atoms with Crippen LogP contribution in [0.5, 0.6) is 0 Å². The fourth-order valence-electron chi connectivity index (χ4n) is 2.88. The van der Waals surface area contributed by atoms with Gasteiger partial charge in [-0.2, -0.15) is 0 Å². The molecular weight excluding hydrogens is 324 g/mol. The smallest absolute Gasteiger partial charge is 0.257 e. The Bertz CT molecular complexity index is 691. The predicted molar refractivity (Wildman–Crippen MR) is 96.2 cm³/mol. The Labute approximate surface area is 145 Å². The number of morpholine rings is 1. The number of carbonyl (C=O) groups is 1. The van der Waals surface area contributed by atoms with Gasteiger partial charge in [0.15, 0.2) is 5.13 Å². The van der Waals surface area contributed by atoms with Crippen molar-refractivity contribution in [2.24, 2.45) is 0 Å². The first kappa shape index (κ1) is 16.9. The van der Waals surface area contributed by atoms with Crippen LogP contribution in [0.3, 0.4) is 0 Å². The number of anilines is 2. The maximum Gasteiger partial charge on any atom is 0.257 e. The summed E-state index contributed by atoms with van der Waals surface area (Å²) in [5, 5.41) is 5.44. The van der Waals surface area contributed by atoms with Crippen molar-refractivity contribution in [3.8, 4) is 0 Å². The van der Waals surface area contributed by atoms with Crippen LogP contribution in [-0.4, -0.2) is 41.1 Å². The lowest BCUT2D eigenvalue weighted by Crippen LogP contribution is -2.44. The monoisotopic (exact) mass is 346 g/mol. The molecule has 0 bridgehead atoms. The van der Waals surface area contributed by atoms with Gasteiger partial charge in [0, 0.05) is 36.3 Å². The number of benzene rings is 1. The highest BCUT2D eigenvalue weighted by atomic mass is 32.1. The highest BCUT2D eigenvalue weighted by Gasteiger charge is 2.22. The van der Waals surface area contributed by atoms with Crippen molar-refractivity contribution >= 4 is 28.1 Å². The Kier molecular flexibility index (Phi) is 5.13. The maximum atomic E-state index is 12.2. The topological polar surface area (TPSA) is 80.5 Å². The fraction of sp³-hybridized carbons (Fsp3) is 0.412. The summed E-state index contributed by atoms with van der Waals surface area (Å²) in [6.45, 7) is 6.74. The summed E-state index contributed by atoms with van der Waals surface area (Å²) in [6.07, 6.45) is 0.467. The lowest BCUT2D eigenvalue weighted by molar-refractivity contribution is -0.0707. The molecule has 2 heterocycles. The fourth-order valence-corrected chi connectivity index (χ4v) is 3.58. The van der Waals surface area contributed by atoms with Crippen molar-refractivity contribution in [2.75, 3.05) is 24.1 Å². The number of nitrogen functional groups attached to an aromatic ring is 1. The summed E-state index contributed by atoms with van der Waals surface area (Å²) in [5.74, 6) is -0.176. The molecule has 2 aromatic rings. The number of nitrogens with zero attached hydrogens (tertiary/aromatic N) is 2. The number of nitrogens with one attached hydrogen (secondary N) is 1. The summed E-state index contributed by atoms with van der Waals surface area (Å²) in [7, 11) is 0. The summed E-state index contributed by atoms with van der Waals surface area (Å²) >= 11 is 1.44. The zero-order chi connectivity index (χ0) is 17.1. The standard InChI is InChI=1S/C17H22N4O2S/c1-11-7-21(8-12(2)23-11)9-15-10-24-17(19-15)20-16(22)13-3-5-14(18)6-4-13/h3-6,10-12H,7-9,18H2,1-2H3,(H,19,20,22). The number of thiazole rings is 1. The van der Waals surface area contributed by atoms with Crippen molar-refractivity contribution in [1.82, 2.24) is 9.88 Å². The van der Waals surface area contributed by atoms with E-state index in [2.05, 4.69) is 29.0 Å². The number of hydrogen-bond acceptors (Lipinski definition) is 6. The van der Waals surface area contributed by atoms with Gasteiger partial charge in [-0.3, -0.25) is 15.0 Å². The molecule has 2 unspecified atom stereocenters. The van der Waals surface area contributed by atoms with Gasteiger partial charge in [-0.15, -0.1) is 11.3 Å². The van der Waals surface area contributed by atoms with Gasteiger partial charge in [-0.05, 0) is 38.1 Å². The average Bonchev–Trinajstić information content (AvgIpc) is 2.93. The minimum absolute atomic E-state index is 0.176. The second-order valence-corrected chi connectivity index (χ2v) is 7.03. The molecule has 1 aromatic heterocycles. The molecule has 1 aliphatic heterocycles. The number of nitrogens with two attached hydrogens (primary N) is 1. The molecule has 2 atom stereocenters. The number of carbonyl (C=O) groups excluding carboxylic acids is 1. The molecule has 3 N–H and O–H groups in total. The number of hydrogen-bond donors (Lipinski definition) is 2. The minimum Gasteiger partial charge on any atom is -0.399 e. The minimum atomic E-state index is -0.176. The zero-order valence-electron chi connectivity index (χ0n) is 13.9. The highest BCUT2D eigenvalue weighted by Crippen LogP contribution is 2.20. The predicted octanol–water partition coefficient (Wildman–Crippen LogP) is 2.59. The van der Waals surface area contributed by atoms with Crippen LogP contribution in [0.1, 0.15) is 29.9 Å². The van der Waals surface area contributed by atoms with Gasteiger partial charge < -0.3 is 10.5 Å². The van der Waals surface area contributed by atoms with E-state index in [0.717, 1.165) is 25.3 Å². The number of amides is 1. The van der Waals surface area contributed by atoms with Crippen LogP contribution in [0.15, 0.2) is 29.6 Å². The first-order valence-corrected chi connectivity index (χ1v) is 8.86. The zero-order valence-corrected chi connectivity index (χ0v) is 14.7. The van der Waals surface area contributed by atoms with Crippen molar-refractivity contribution in [3.63, 3.8) is 0 Å². The van der Waals surface area contributed by atoms with E-state index >= 15 is 0 Å². The molecule has 1 fully saturated rings. The van der Waals surface area contributed by atoms with Crippen LogP contribution in [0.2, 0.25) is 0 Å². The Morgan fingerprint density at radius 2 is 2.00 bits per heavy atom. The van der Waals surface area contributed by atoms with E-state index < -0.39 is 0 Å². The second-order valence-electron chi connectivity index (χ2n) is 6.17. The average molecular weight is 346 g/mol. The van der Waals surface area contributed by atoms with E-state index in [1.807, 2.05) is 5.38 Å². The SMILES string of the molecule is CC1CN(Cc2csc(NC(=O)c3ccc(N)cc3)n2)CC(C)O1. The highest BCUT2D eigenvalue weighted by molar-refractivity contribution is 7.13. The molecule has 128 valence electrons. The Balaban J connectivity index is 1.59. The number of rotatable bonds is 4. The van der Waals surface area contributed by atoms with Crippen LogP contribution < -0.4 is 11.1 Å². The van der Waals surface area contributed by atoms with Crippen LogP contribution >= 0.6 is 11.3 Å².